The standard InChI is InChI=1S/C15H19N3O/c1-11(12-3-7-14(19-2)8-4-12)17-15-16-9-10-18(15)13-5-6-13/h3-4,7-11,13H,5-6H2,1-2H3,(H,16,17). The van der Waals surface area contributed by atoms with Gasteiger partial charge in [-0.3, -0.25) is 0 Å². The maximum Gasteiger partial charge on any atom is 0.203 e. The van der Waals surface area contributed by atoms with E-state index < -0.39 is 0 Å². The maximum atomic E-state index is 5.18. The van der Waals surface area contributed by atoms with Crippen molar-refractivity contribution in [3.63, 3.8) is 0 Å². The molecule has 0 aliphatic heterocycles. The Bertz CT molecular complexity index is 543. The van der Waals surface area contributed by atoms with Crippen molar-refractivity contribution in [2.45, 2.75) is 31.8 Å². The molecule has 1 aromatic carbocycles. The number of methoxy groups -OCH3 is 1. The fourth-order valence-corrected chi connectivity index (χ4v) is 2.24. The zero-order chi connectivity index (χ0) is 13.2. The van der Waals surface area contributed by atoms with E-state index in [0.29, 0.717) is 6.04 Å². The molecule has 0 bridgehead atoms. The van der Waals surface area contributed by atoms with Gasteiger partial charge >= 0.3 is 0 Å². The predicted octanol–water partition coefficient (Wildman–Crippen LogP) is 3.40. The van der Waals surface area contributed by atoms with Gasteiger partial charge in [-0.25, -0.2) is 4.98 Å². The molecule has 100 valence electrons. The third kappa shape index (κ3) is 2.57. The van der Waals surface area contributed by atoms with E-state index in [4.69, 9.17) is 4.74 Å². The first-order chi connectivity index (χ1) is 9.28. The van der Waals surface area contributed by atoms with E-state index >= 15 is 0 Å². The molecule has 1 heterocycles. The van der Waals surface area contributed by atoms with E-state index in [-0.39, 0.29) is 6.04 Å². The Morgan fingerprint density at radius 2 is 2.05 bits per heavy atom. The number of nitrogens with zero attached hydrogens (tertiary/aromatic N) is 2. The number of nitrogens with one attached hydrogen (secondary N) is 1. The van der Waals surface area contributed by atoms with Gasteiger partial charge < -0.3 is 14.6 Å². The van der Waals surface area contributed by atoms with Crippen LogP contribution in [0.25, 0.3) is 0 Å². The smallest absolute Gasteiger partial charge is 0.203 e. The highest BCUT2D eigenvalue weighted by Crippen LogP contribution is 2.37. The number of rotatable bonds is 5. The predicted molar refractivity (Wildman–Crippen MR) is 75.5 cm³/mol. The molecule has 1 saturated carbocycles. The molecule has 1 fully saturated rings. The SMILES string of the molecule is COc1ccc(C(C)Nc2nccn2C2CC2)cc1. The first-order valence-corrected chi connectivity index (χ1v) is 6.71. The average molecular weight is 257 g/mol. The third-order valence-corrected chi connectivity index (χ3v) is 3.57. The average Bonchev–Trinajstić information content (AvgIpc) is 3.19. The lowest BCUT2D eigenvalue weighted by atomic mass is 10.1. The molecule has 1 N–H and O–H groups in total. The number of hydrogen-bond donors (Lipinski definition) is 1. The van der Waals surface area contributed by atoms with Crippen molar-refractivity contribution in [1.29, 1.82) is 0 Å². The molecule has 4 heteroatoms. The second-order valence-corrected chi connectivity index (χ2v) is 5.03. The summed E-state index contributed by atoms with van der Waals surface area (Å²) in [6.45, 7) is 2.15. The minimum Gasteiger partial charge on any atom is -0.497 e. The number of imidazole rings is 1. The molecule has 19 heavy (non-hydrogen) atoms. The number of aromatic nitrogens is 2. The van der Waals surface area contributed by atoms with Gasteiger partial charge in [-0.2, -0.15) is 0 Å². The summed E-state index contributed by atoms with van der Waals surface area (Å²) < 4.78 is 7.41. The Morgan fingerprint density at radius 1 is 1.32 bits per heavy atom. The van der Waals surface area contributed by atoms with Gasteiger partial charge in [0.2, 0.25) is 5.95 Å². The summed E-state index contributed by atoms with van der Waals surface area (Å²) in [5, 5.41) is 3.48. The van der Waals surface area contributed by atoms with Gasteiger partial charge in [0.05, 0.1) is 13.2 Å². The van der Waals surface area contributed by atoms with Gasteiger partial charge in [-0.05, 0) is 37.5 Å². The van der Waals surface area contributed by atoms with Crippen LogP contribution in [0.15, 0.2) is 36.7 Å². The summed E-state index contributed by atoms with van der Waals surface area (Å²) in [6, 6.07) is 9.02. The normalized spacial score (nSPS) is 16.1. The summed E-state index contributed by atoms with van der Waals surface area (Å²) in [4.78, 5) is 4.40. The van der Waals surface area contributed by atoms with Crippen LogP contribution in [0.1, 0.15) is 37.4 Å². The van der Waals surface area contributed by atoms with Crippen LogP contribution < -0.4 is 10.1 Å². The lowest BCUT2D eigenvalue weighted by Crippen LogP contribution is -2.11. The quantitative estimate of drug-likeness (QED) is 0.892. The van der Waals surface area contributed by atoms with Crippen LogP contribution in [-0.2, 0) is 0 Å². The molecule has 2 aromatic rings. The van der Waals surface area contributed by atoms with Crippen LogP contribution in [-0.4, -0.2) is 16.7 Å². The summed E-state index contributed by atoms with van der Waals surface area (Å²) in [5.74, 6) is 1.85. The Labute approximate surface area is 113 Å². The summed E-state index contributed by atoms with van der Waals surface area (Å²) in [7, 11) is 1.68. The van der Waals surface area contributed by atoms with E-state index in [0.717, 1.165) is 11.7 Å². The van der Waals surface area contributed by atoms with E-state index in [1.807, 2.05) is 18.3 Å². The largest absolute Gasteiger partial charge is 0.497 e. The molecule has 1 aliphatic rings. The van der Waals surface area contributed by atoms with E-state index in [1.54, 1.807) is 7.11 Å². The summed E-state index contributed by atoms with van der Waals surface area (Å²) in [6.07, 6.45) is 6.45. The minimum absolute atomic E-state index is 0.228. The molecule has 1 aliphatic carbocycles. The molecular weight excluding hydrogens is 238 g/mol. The zero-order valence-corrected chi connectivity index (χ0v) is 11.3. The first kappa shape index (κ1) is 12.1. The highest BCUT2D eigenvalue weighted by molar-refractivity contribution is 5.36. The molecule has 1 aromatic heterocycles. The maximum absolute atomic E-state index is 5.18. The molecular formula is C15H19N3O. The molecule has 3 rings (SSSR count). The molecule has 1 unspecified atom stereocenters. The fraction of sp³-hybridized carbons (Fsp3) is 0.400. The molecule has 0 radical (unpaired) electrons. The minimum atomic E-state index is 0.228. The third-order valence-electron chi connectivity index (χ3n) is 3.57. The number of ether oxygens (including phenoxy) is 1. The second-order valence-electron chi connectivity index (χ2n) is 5.03. The van der Waals surface area contributed by atoms with Crippen LogP contribution in [0, 0.1) is 0 Å². The lowest BCUT2D eigenvalue weighted by molar-refractivity contribution is 0.414. The van der Waals surface area contributed by atoms with Gasteiger partial charge in [0.15, 0.2) is 0 Å². The summed E-state index contributed by atoms with van der Waals surface area (Å²) >= 11 is 0. The van der Waals surface area contributed by atoms with Gasteiger partial charge in [-0.15, -0.1) is 0 Å². The van der Waals surface area contributed by atoms with Crippen LogP contribution >= 0.6 is 0 Å². The van der Waals surface area contributed by atoms with Crippen LogP contribution in [0.2, 0.25) is 0 Å². The van der Waals surface area contributed by atoms with E-state index in [1.165, 1.54) is 18.4 Å². The highest BCUT2D eigenvalue weighted by Gasteiger charge is 2.25. The Balaban J connectivity index is 1.72. The van der Waals surface area contributed by atoms with Crippen LogP contribution in [0.3, 0.4) is 0 Å². The summed E-state index contributed by atoms with van der Waals surface area (Å²) in [5.41, 5.74) is 1.23. The van der Waals surface area contributed by atoms with Crippen molar-refractivity contribution >= 4 is 5.95 Å². The highest BCUT2D eigenvalue weighted by atomic mass is 16.5. The van der Waals surface area contributed by atoms with Crippen molar-refractivity contribution in [2.24, 2.45) is 0 Å². The van der Waals surface area contributed by atoms with Crippen LogP contribution in [0.5, 0.6) is 5.75 Å². The van der Waals surface area contributed by atoms with E-state index in [2.05, 4.69) is 40.1 Å². The fourth-order valence-electron chi connectivity index (χ4n) is 2.24. The lowest BCUT2D eigenvalue weighted by Gasteiger charge is -2.16. The van der Waals surface area contributed by atoms with E-state index in [9.17, 15) is 0 Å². The number of hydrogen-bond acceptors (Lipinski definition) is 3. The first-order valence-electron chi connectivity index (χ1n) is 6.71. The Hall–Kier alpha value is -1.97. The van der Waals surface area contributed by atoms with Crippen molar-refractivity contribution in [1.82, 2.24) is 9.55 Å². The van der Waals surface area contributed by atoms with Crippen molar-refractivity contribution in [2.75, 3.05) is 12.4 Å². The molecule has 0 saturated heterocycles. The molecule has 4 nitrogen and oxygen atoms in total. The van der Waals surface area contributed by atoms with Gasteiger partial charge in [0.1, 0.15) is 5.75 Å². The van der Waals surface area contributed by atoms with Gasteiger partial charge in [0.25, 0.3) is 0 Å². The van der Waals surface area contributed by atoms with Crippen molar-refractivity contribution in [3.05, 3.63) is 42.2 Å². The second kappa shape index (κ2) is 4.96. The molecule has 0 spiro atoms. The monoisotopic (exact) mass is 257 g/mol. The molecule has 1 atom stereocenters. The topological polar surface area (TPSA) is 39.1 Å². The van der Waals surface area contributed by atoms with Crippen LogP contribution in [0.4, 0.5) is 5.95 Å². The van der Waals surface area contributed by atoms with Crippen molar-refractivity contribution in [3.8, 4) is 5.75 Å². The van der Waals surface area contributed by atoms with Gasteiger partial charge in [0, 0.05) is 18.4 Å². The van der Waals surface area contributed by atoms with Crippen molar-refractivity contribution < 1.29 is 4.74 Å². The molecule has 0 amide bonds. The Morgan fingerprint density at radius 3 is 2.68 bits per heavy atom. The number of anilines is 1. The Kier molecular flexibility index (Phi) is 3.15. The van der Waals surface area contributed by atoms with Gasteiger partial charge in [-0.1, -0.05) is 12.1 Å². The number of benzene rings is 1. The zero-order valence-electron chi connectivity index (χ0n) is 11.3.